The third-order valence-corrected chi connectivity index (χ3v) is 3.74. The number of nitrogens with one attached hydrogen (secondary N) is 1. The van der Waals surface area contributed by atoms with E-state index in [1.54, 1.807) is 30.3 Å². The number of aromatic nitrogens is 2. The topological polar surface area (TPSA) is 99.4 Å². The van der Waals surface area contributed by atoms with Crippen molar-refractivity contribution in [3.05, 3.63) is 40.9 Å². The molecule has 1 aliphatic heterocycles. The van der Waals surface area contributed by atoms with Crippen LogP contribution in [-0.4, -0.2) is 35.2 Å². The van der Waals surface area contributed by atoms with Crippen molar-refractivity contribution in [2.45, 2.75) is 18.9 Å². The molecule has 0 radical (unpaired) electrons. The van der Waals surface area contributed by atoms with Crippen LogP contribution in [0.4, 0.5) is 11.8 Å². The van der Waals surface area contributed by atoms with Gasteiger partial charge in [0, 0.05) is 29.5 Å². The van der Waals surface area contributed by atoms with Gasteiger partial charge in [0.05, 0.1) is 13.2 Å². The number of amides is 1. The zero-order valence-corrected chi connectivity index (χ0v) is 13.6. The average Bonchev–Trinajstić information content (AvgIpc) is 2.55. The predicted octanol–water partition coefficient (Wildman–Crippen LogP) is 2.52. The van der Waals surface area contributed by atoms with Crippen LogP contribution in [0, 0.1) is 0 Å². The molecule has 0 unspecified atom stereocenters. The van der Waals surface area contributed by atoms with E-state index in [9.17, 15) is 4.79 Å². The van der Waals surface area contributed by atoms with E-state index in [0.29, 0.717) is 29.7 Å². The second-order valence-corrected chi connectivity index (χ2v) is 5.78. The van der Waals surface area contributed by atoms with Crippen molar-refractivity contribution in [2.75, 3.05) is 24.3 Å². The fourth-order valence-electron chi connectivity index (χ4n) is 2.35. The first-order valence-corrected chi connectivity index (χ1v) is 7.94. The van der Waals surface area contributed by atoms with Crippen LogP contribution in [-0.2, 0) is 4.74 Å². The smallest absolute Gasteiger partial charge is 0.256 e. The van der Waals surface area contributed by atoms with Crippen molar-refractivity contribution in [3.63, 3.8) is 0 Å². The number of halogens is 1. The lowest BCUT2D eigenvalue weighted by molar-refractivity contribution is 0.0238. The number of rotatable bonds is 4. The summed E-state index contributed by atoms with van der Waals surface area (Å²) in [4.78, 5) is 20.3. The van der Waals surface area contributed by atoms with E-state index in [1.807, 2.05) is 0 Å². The maximum absolute atomic E-state index is 12.3. The molecule has 1 aliphatic rings. The number of nitrogen functional groups attached to an aromatic ring is 1. The number of carbonyl (C=O) groups excluding carboxylic acids is 1. The lowest BCUT2D eigenvalue weighted by Crippen LogP contribution is -2.26. The van der Waals surface area contributed by atoms with Crippen molar-refractivity contribution >= 4 is 29.3 Å². The van der Waals surface area contributed by atoms with Gasteiger partial charge in [-0.05, 0) is 18.2 Å². The van der Waals surface area contributed by atoms with Gasteiger partial charge in [-0.1, -0.05) is 17.7 Å². The highest BCUT2D eigenvalue weighted by Gasteiger charge is 2.17. The predicted molar refractivity (Wildman–Crippen MR) is 90.3 cm³/mol. The molecule has 1 amide bonds. The normalized spacial score (nSPS) is 15.0. The maximum atomic E-state index is 12.3. The van der Waals surface area contributed by atoms with Crippen LogP contribution in [0.5, 0.6) is 5.88 Å². The molecule has 0 spiro atoms. The molecule has 1 aromatic heterocycles. The molecule has 24 heavy (non-hydrogen) atoms. The molecule has 1 aromatic carbocycles. The summed E-state index contributed by atoms with van der Waals surface area (Å²) in [6.07, 6.45) is 1.59. The Morgan fingerprint density at radius 3 is 2.83 bits per heavy atom. The van der Waals surface area contributed by atoms with Gasteiger partial charge < -0.3 is 20.5 Å². The van der Waals surface area contributed by atoms with Gasteiger partial charge in [-0.25, -0.2) is 0 Å². The van der Waals surface area contributed by atoms with Crippen LogP contribution >= 0.6 is 11.6 Å². The van der Waals surface area contributed by atoms with E-state index in [4.69, 9.17) is 26.8 Å². The van der Waals surface area contributed by atoms with Crippen molar-refractivity contribution in [1.29, 1.82) is 0 Å². The van der Waals surface area contributed by atoms with Gasteiger partial charge in [0.1, 0.15) is 11.9 Å². The van der Waals surface area contributed by atoms with Crippen LogP contribution in [0.3, 0.4) is 0 Å². The van der Waals surface area contributed by atoms with E-state index < -0.39 is 0 Å². The minimum atomic E-state index is -0.340. The molecule has 3 rings (SSSR count). The fourth-order valence-corrected chi connectivity index (χ4v) is 2.54. The van der Waals surface area contributed by atoms with Crippen LogP contribution < -0.4 is 15.8 Å². The van der Waals surface area contributed by atoms with Crippen molar-refractivity contribution in [1.82, 2.24) is 9.97 Å². The van der Waals surface area contributed by atoms with Gasteiger partial charge in [-0.2, -0.15) is 9.97 Å². The number of ether oxygens (including phenoxy) is 2. The number of nitrogens with zero attached hydrogens (tertiary/aromatic N) is 2. The first kappa shape index (κ1) is 16.5. The minimum absolute atomic E-state index is 0.0181. The van der Waals surface area contributed by atoms with Crippen molar-refractivity contribution in [3.8, 4) is 5.88 Å². The molecule has 2 heterocycles. The van der Waals surface area contributed by atoms with Gasteiger partial charge in [0.25, 0.3) is 5.91 Å². The Labute approximate surface area is 144 Å². The number of hydrogen-bond acceptors (Lipinski definition) is 6. The highest BCUT2D eigenvalue weighted by atomic mass is 35.5. The number of anilines is 2. The summed E-state index contributed by atoms with van der Waals surface area (Å²) in [6.45, 7) is 1.31. The van der Waals surface area contributed by atoms with Gasteiger partial charge in [0.15, 0.2) is 0 Å². The fraction of sp³-hybridized carbons (Fsp3) is 0.312. The standard InChI is InChI=1S/C16H17ClN4O3/c17-11-3-1-2-10(8-11)15(22)19-13-9-14(21-16(18)20-13)24-12-4-6-23-7-5-12/h1-3,8-9,12H,4-7H2,(H3,18,19,20,21,22). The quantitative estimate of drug-likeness (QED) is 0.880. The first-order chi connectivity index (χ1) is 11.6. The first-order valence-electron chi connectivity index (χ1n) is 7.56. The molecule has 0 aliphatic carbocycles. The van der Waals surface area contributed by atoms with E-state index >= 15 is 0 Å². The van der Waals surface area contributed by atoms with Gasteiger partial charge in [-0.15, -0.1) is 0 Å². The molecule has 8 heteroatoms. The SMILES string of the molecule is Nc1nc(NC(=O)c2cccc(Cl)c2)cc(OC2CCOCC2)n1. The summed E-state index contributed by atoms with van der Waals surface area (Å²) in [6, 6.07) is 8.17. The van der Waals surface area contributed by atoms with Crippen LogP contribution in [0.1, 0.15) is 23.2 Å². The molecule has 0 bridgehead atoms. The van der Waals surface area contributed by atoms with Crippen LogP contribution in [0.25, 0.3) is 0 Å². The largest absolute Gasteiger partial charge is 0.474 e. The molecule has 3 N–H and O–H groups in total. The molecule has 0 atom stereocenters. The average molecular weight is 349 g/mol. The lowest BCUT2D eigenvalue weighted by atomic mass is 10.1. The Hall–Kier alpha value is -2.38. The molecule has 126 valence electrons. The Morgan fingerprint density at radius 2 is 2.08 bits per heavy atom. The summed E-state index contributed by atoms with van der Waals surface area (Å²) in [7, 11) is 0. The third-order valence-electron chi connectivity index (χ3n) is 3.50. The second-order valence-electron chi connectivity index (χ2n) is 5.34. The Balaban J connectivity index is 1.72. The summed E-state index contributed by atoms with van der Waals surface area (Å²) in [5, 5.41) is 3.15. The summed E-state index contributed by atoms with van der Waals surface area (Å²) >= 11 is 5.89. The Bertz CT molecular complexity index is 735. The number of benzene rings is 1. The summed E-state index contributed by atoms with van der Waals surface area (Å²) in [5.41, 5.74) is 6.13. The molecule has 7 nitrogen and oxygen atoms in total. The Morgan fingerprint density at radius 1 is 1.29 bits per heavy atom. The number of carbonyl (C=O) groups is 1. The van der Waals surface area contributed by atoms with Crippen LogP contribution in [0.15, 0.2) is 30.3 Å². The number of hydrogen-bond donors (Lipinski definition) is 2. The molecule has 1 saturated heterocycles. The Kier molecular flexibility index (Phi) is 5.12. The van der Waals surface area contributed by atoms with Crippen LogP contribution in [0.2, 0.25) is 5.02 Å². The van der Waals surface area contributed by atoms with E-state index in [1.165, 1.54) is 0 Å². The molecular formula is C16H17ClN4O3. The minimum Gasteiger partial charge on any atom is -0.474 e. The zero-order valence-electron chi connectivity index (χ0n) is 12.9. The second kappa shape index (κ2) is 7.46. The maximum Gasteiger partial charge on any atom is 0.256 e. The van der Waals surface area contributed by atoms with Gasteiger partial charge >= 0.3 is 0 Å². The third kappa shape index (κ3) is 4.33. The van der Waals surface area contributed by atoms with Crippen molar-refractivity contribution in [2.24, 2.45) is 0 Å². The molecule has 2 aromatic rings. The zero-order chi connectivity index (χ0) is 16.9. The highest BCUT2D eigenvalue weighted by Crippen LogP contribution is 2.20. The monoisotopic (exact) mass is 348 g/mol. The number of nitrogens with two attached hydrogens (primary N) is 1. The molecular weight excluding hydrogens is 332 g/mol. The summed E-state index contributed by atoms with van der Waals surface area (Å²) < 4.78 is 11.1. The van der Waals surface area contributed by atoms with Gasteiger partial charge in [0.2, 0.25) is 11.8 Å². The summed E-state index contributed by atoms with van der Waals surface area (Å²) in [5.74, 6) is 0.291. The van der Waals surface area contributed by atoms with E-state index in [0.717, 1.165) is 12.8 Å². The molecule has 1 fully saturated rings. The van der Waals surface area contributed by atoms with Gasteiger partial charge in [-0.3, -0.25) is 4.79 Å². The lowest BCUT2D eigenvalue weighted by Gasteiger charge is -2.22. The van der Waals surface area contributed by atoms with Crippen molar-refractivity contribution < 1.29 is 14.3 Å². The highest BCUT2D eigenvalue weighted by molar-refractivity contribution is 6.31. The van der Waals surface area contributed by atoms with E-state index in [-0.39, 0.29) is 23.8 Å². The molecule has 0 saturated carbocycles. The van der Waals surface area contributed by atoms with E-state index in [2.05, 4.69) is 15.3 Å².